The van der Waals surface area contributed by atoms with Crippen molar-refractivity contribution in [2.45, 2.75) is 69.3 Å². The third-order valence-electron chi connectivity index (χ3n) is 8.40. The first-order valence-corrected chi connectivity index (χ1v) is 12.8. The third kappa shape index (κ3) is 4.34. The monoisotopic (exact) mass is 672 g/mol. The van der Waals surface area contributed by atoms with Crippen LogP contribution in [-0.4, -0.2) is 19.9 Å². The van der Waals surface area contributed by atoms with E-state index in [0.717, 1.165) is 21.7 Å². The molecule has 0 amide bonds. The Hall–Kier alpha value is -2.40. The number of pyridine rings is 1. The van der Waals surface area contributed by atoms with Crippen molar-refractivity contribution < 1.29 is 20.1 Å². The number of rotatable bonds is 4. The molecular weight excluding hydrogens is 641 g/mol. The molecule has 1 aliphatic rings. The van der Waals surface area contributed by atoms with Crippen molar-refractivity contribution in [2.75, 3.05) is 0 Å². The van der Waals surface area contributed by atoms with E-state index in [-0.39, 0.29) is 36.4 Å². The van der Waals surface area contributed by atoms with Crippen molar-refractivity contribution in [3.05, 3.63) is 83.8 Å². The molecule has 2 aromatic carbocycles. The summed E-state index contributed by atoms with van der Waals surface area (Å²) in [6, 6.07) is 22.2. The summed E-state index contributed by atoms with van der Waals surface area (Å²) in [5.74, 6) is 1.33. The average Bonchev–Trinajstić information content (AvgIpc) is 2.93. The summed E-state index contributed by atoms with van der Waals surface area (Å²) in [5, 5.41) is 0.683. The second kappa shape index (κ2) is 9.48. The minimum Gasteiger partial charge on any atom is -0.304 e. The summed E-state index contributed by atoms with van der Waals surface area (Å²) in [4.78, 5) is 19.6. The molecule has 0 fully saturated rings. The molecule has 1 aliphatic carbocycles. The first-order chi connectivity index (χ1) is 16.5. The molecule has 0 saturated heterocycles. The second-order valence-electron chi connectivity index (χ2n) is 10.9. The number of aromatic nitrogens is 4. The molecule has 0 N–H and O–H groups in total. The molecule has 4 nitrogen and oxygen atoms in total. The van der Waals surface area contributed by atoms with Crippen LogP contribution in [0.5, 0.6) is 0 Å². The molecule has 0 saturated carbocycles. The fraction of sp³-hybridized carbons (Fsp3) is 0.333. The number of nitrogens with zero attached hydrogens (tertiary/aromatic N) is 4. The number of hydrogen-bond donors (Lipinski definition) is 0. The predicted octanol–water partition coefficient (Wildman–Crippen LogP) is 7.45. The maximum Gasteiger partial charge on any atom is 0.196 e. The maximum absolute atomic E-state index is 4.78. The molecule has 6 heteroatoms. The molecule has 36 heavy (non-hydrogen) atoms. The SMILES string of the molecule is Cc1nc(Sc2ccccc2)nc(-c2ccc(-c3[c-]cc4c(c3)C(C)(C)C(C)(C)C4(C)C)nc2)n1.[Ir]. The van der Waals surface area contributed by atoms with Crippen LogP contribution in [-0.2, 0) is 30.9 Å². The molecule has 1 radical (unpaired) electrons. The van der Waals surface area contributed by atoms with Gasteiger partial charge in [-0.2, -0.15) is 0 Å². The van der Waals surface area contributed by atoms with Crippen molar-refractivity contribution in [1.82, 2.24) is 19.9 Å². The van der Waals surface area contributed by atoms with Gasteiger partial charge in [0.2, 0.25) is 0 Å². The van der Waals surface area contributed by atoms with Gasteiger partial charge in [0.1, 0.15) is 5.82 Å². The van der Waals surface area contributed by atoms with Gasteiger partial charge in [0.25, 0.3) is 0 Å². The Morgan fingerprint density at radius 2 is 1.50 bits per heavy atom. The van der Waals surface area contributed by atoms with Gasteiger partial charge in [-0.05, 0) is 52.8 Å². The molecule has 187 valence electrons. The molecule has 0 unspecified atom stereocenters. The number of aryl methyl sites for hydroxylation is 1. The van der Waals surface area contributed by atoms with Gasteiger partial charge in [-0.3, -0.25) is 0 Å². The maximum atomic E-state index is 4.78. The Morgan fingerprint density at radius 1 is 0.806 bits per heavy atom. The minimum atomic E-state index is 0. The summed E-state index contributed by atoms with van der Waals surface area (Å²) in [6.45, 7) is 16.1. The van der Waals surface area contributed by atoms with Crippen LogP contribution in [0, 0.1) is 18.4 Å². The van der Waals surface area contributed by atoms with Gasteiger partial charge in [0.15, 0.2) is 11.0 Å². The molecule has 0 spiro atoms. The molecule has 2 heterocycles. The van der Waals surface area contributed by atoms with Crippen LogP contribution >= 0.6 is 11.8 Å². The van der Waals surface area contributed by atoms with Crippen LogP contribution in [0.2, 0.25) is 0 Å². The van der Waals surface area contributed by atoms with E-state index < -0.39 is 0 Å². The van der Waals surface area contributed by atoms with E-state index in [1.54, 1.807) is 0 Å². The average molecular weight is 672 g/mol. The summed E-state index contributed by atoms with van der Waals surface area (Å²) in [6.07, 6.45) is 1.85. The standard InChI is InChI=1S/C30H31N4S.Ir/c1-19-32-26(34-27(33-19)35-22-11-9-8-10-12-22)21-14-16-25(31-18-21)20-13-15-23-24(17-20)29(4,5)30(6,7)28(23,2)3;/h8-12,14-18H,1-7H3;/q-1;. The zero-order valence-electron chi connectivity index (χ0n) is 21.8. The Morgan fingerprint density at radius 3 is 2.17 bits per heavy atom. The van der Waals surface area contributed by atoms with Gasteiger partial charge in [-0.25, -0.2) is 15.0 Å². The fourth-order valence-electron chi connectivity index (χ4n) is 5.04. The summed E-state index contributed by atoms with van der Waals surface area (Å²) < 4.78 is 0. The molecule has 2 aromatic heterocycles. The number of hydrogen-bond acceptors (Lipinski definition) is 5. The van der Waals surface area contributed by atoms with Gasteiger partial charge < -0.3 is 4.98 Å². The van der Waals surface area contributed by atoms with Gasteiger partial charge in [-0.15, -0.1) is 34.9 Å². The van der Waals surface area contributed by atoms with Gasteiger partial charge in [-0.1, -0.05) is 71.9 Å². The van der Waals surface area contributed by atoms with E-state index >= 15 is 0 Å². The molecule has 0 atom stereocenters. The van der Waals surface area contributed by atoms with Crippen molar-refractivity contribution in [2.24, 2.45) is 5.41 Å². The summed E-state index contributed by atoms with van der Waals surface area (Å²) in [5.41, 5.74) is 5.81. The molecule has 5 rings (SSSR count). The zero-order valence-corrected chi connectivity index (χ0v) is 25.0. The Bertz CT molecular complexity index is 1400. The van der Waals surface area contributed by atoms with Crippen LogP contribution in [0.15, 0.2) is 70.8 Å². The minimum absolute atomic E-state index is 0. The van der Waals surface area contributed by atoms with E-state index in [1.165, 1.54) is 22.9 Å². The van der Waals surface area contributed by atoms with Crippen molar-refractivity contribution in [3.63, 3.8) is 0 Å². The molecule has 4 aromatic rings. The smallest absolute Gasteiger partial charge is 0.196 e. The number of fused-ring (bicyclic) bond motifs is 1. The predicted molar refractivity (Wildman–Crippen MR) is 142 cm³/mol. The molecular formula is C30H31IrN4S-. The third-order valence-corrected chi connectivity index (χ3v) is 9.27. The molecule has 0 bridgehead atoms. The second-order valence-corrected chi connectivity index (χ2v) is 11.9. The van der Waals surface area contributed by atoms with Crippen LogP contribution < -0.4 is 0 Å². The van der Waals surface area contributed by atoms with Crippen LogP contribution in [0.1, 0.15) is 58.5 Å². The molecule has 0 aliphatic heterocycles. The first-order valence-electron chi connectivity index (χ1n) is 12.0. The van der Waals surface area contributed by atoms with Crippen LogP contribution in [0.3, 0.4) is 0 Å². The van der Waals surface area contributed by atoms with Crippen LogP contribution in [0.4, 0.5) is 0 Å². The normalized spacial score (nSPS) is 16.8. The quantitative estimate of drug-likeness (QED) is 0.211. The van der Waals surface area contributed by atoms with E-state index in [4.69, 9.17) is 9.97 Å². The van der Waals surface area contributed by atoms with E-state index in [1.807, 2.05) is 43.5 Å². The van der Waals surface area contributed by atoms with Gasteiger partial charge in [0, 0.05) is 36.8 Å². The zero-order chi connectivity index (χ0) is 25.0. The first kappa shape index (κ1) is 26.7. The fourth-order valence-corrected chi connectivity index (χ4v) is 5.85. The van der Waals surface area contributed by atoms with Crippen molar-refractivity contribution >= 4 is 11.8 Å². The van der Waals surface area contributed by atoms with Crippen LogP contribution in [0.25, 0.3) is 22.6 Å². The largest absolute Gasteiger partial charge is 0.304 e. The number of benzene rings is 2. The topological polar surface area (TPSA) is 51.6 Å². The summed E-state index contributed by atoms with van der Waals surface area (Å²) in [7, 11) is 0. The van der Waals surface area contributed by atoms with Crippen molar-refractivity contribution in [3.8, 4) is 22.6 Å². The van der Waals surface area contributed by atoms with E-state index in [0.29, 0.717) is 16.8 Å². The Kier molecular flexibility index (Phi) is 7.02. The Labute approximate surface area is 232 Å². The Balaban J connectivity index is 0.00000304. The van der Waals surface area contributed by atoms with E-state index in [9.17, 15) is 0 Å². The van der Waals surface area contributed by atoms with Crippen molar-refractivity contribution in [1.29, 1.82) is 0 Å². The van der Waals surface area contributed by atoms with Gasteiger partial charge in [0.05, 0.1) is 0 Å². The summed E-state index contributed by atoms with van der Waals surface area (Å²) >= 11 is 1.53. The van der Waals surface area contributed by atoms with Gasteiger partial charge >= 0.3 is 0 Å². The van der Waals surface area contributed by atoms with E-state index in [2.05, 4.69) is 81.8 Å².